The molecule has 0 saturated heterocycles. The Kier molecular flexibility index (Phi) is 4.23. The van der Waals surface area contributed by atoms with Crippen molar-refractivity contribution in [3.63, 3.8) is 0 Å². The molecule has 0 fully saturated rings. The summed E-state index contributed by atoms with van der Waals surface area (Å²) in [6.45, 7) is 2.07. The van der Waals surface area contributed by atoms with E-state index in [9.17, 15) is 4.79 Å². The maximum absolute atomic E-state index is 12.7. The number of hydrogen-bond donors (Lipinski definition) is 0. The number of aromatic nitrogens is 3. The van der Waals surface area contributed by atoms with Crippen molar-refractivity contribution in [1.82, 2.24) is 15.2 Å². The van der Waals surface area contributed by atoms with Gasteiger partial charge < -0.3 is 9.32 Å². The van der Waals surface area contributed by atoms with Gasteiger partial charge in [-0.1, -0.05) is 30.0 Å². The molecule has 6 nitrogen and oxygen atoms in total. The second kappa shape index (κ2) is 6.68. The van der Waals surface area contributed by atoms with Crippen molar-refractivity contribution in [2.24, 2.45) is 0 Å². The van der Waals surface area contributed by atoms with Crippen LogP contribution < -0.4 is 4.90 Å². The number of benzene rings is 1. The van der Waals surface area contributed by atoms with Gasteiger partial charge in [-0.25, -0.2) is 0 Å². The monoisotopic (exact) mass is 352 g/mol. The van der Waals surface area contributed by atoms with E-state index < -0.39 is 0 Å². The van der Waals surface area contributed by atoms with Gasteiger partial charge >= 0.3 is 0 Å². The zero-order valence-corrected chi connectivity index (χ0v) is 14.4. The quantitative estimate of drug-likeness (QED) is 0.672. The van der Waals surface area contributed by atoms with Crippen LogP contribution in [-0.2, 0) is 11.2 Å². The van der Waals surface area contributed by atoms with Crippen LogP contribution >= 0.6 is 11.8 Å². The topological polar surface area (TPSA) is 72.1 Å². The lowest BCUT2D eigenvalue weighted by Gasteiger charge is -2.22. The van der Waals surface area contributed by atoms with Gasteiger partial charge in [0.2, 0.25) is 11.8 Å². The summed E-state index contributed by atoms with van der Waals surface area (Å²) in [7, 11) is 0. The summed E-state index contributed by atoms with van der Waals surface area (Å²) in [6.07, 6.45) is 4.23. The lowest BCUT2D eigenvalue weighted by Crippen LogP contribution is -2.36. The van der Waals surface area contributed by atoms with E-state index in [1.165, 1.54) is 17.3 Å². The van der Waals surface area contributed by atoms with Crippen LogP contribution in [0.25, 0.3) is 11.5 Å². The second-order valence-corrected chi connectivity index (χ2v) is 6.78. The van der Waals surface area contributed by atoms with Gasteiger partial charge in [0, 0.05) is 24.1 Å². The smallest absolute Gasteiger partial charge is 0.277 e. The van der Waals surface area contributed by atoms with Crippen molar-refractivity contribution in [3.8, 4) is 11.5 Å². The maximum atomic E-state index is 12.7. The SMILES string of the molecule is C[C@@H]1Cc2ccccc2N1C(=O)CSc1nnc(-c2cccnc2)o1. The number of thioether (sulfide) groups is 1. The van der Waals surface area contributed by atoms with Crippen molar-refractivity contribution in [2.45, 2.75) is 24.6 Å². The summed E-state index contributed by atoms with van der Waals surface area (Å²) >= 11 is 1.26. The third-order valence-corrected chi connectivity index (χ3v) is 4.91. The Morgan fingerprint density at radius 1 is 1.28 bits per heavy atom. The Morgan fingerprint density at radius 2 is 2.16 bits per heavy atom. The molecule has 25 heavy (non-hydrogen) atoms. The molecule has 1 amide bonds. The third kappa shape index (κ3) is 3.15. The fourth-order valence-electron chi connectivity index (χ4n) is 3.01. The van der Waals surface area contributed by atoms with E-state index in [4.69, 9.17) is 4.42 Å². The summed E-state index contributed by atoms with van der Waals surface area (Å²) in [6, 6.07) is 11.9. The molecule has 4 rings (SSSR count). The first-order chi connectivity index (χ1) is 12.2. The molecule has 1 aliphatic heterocycles. The number of carbonyl (C=O) groups is 1. The zero-order chi connectivity index (χ0) is 17.2. The van der Waals surface area contributed by atoms with Crippen LogP contribution in [0.2, 0.25) is 0 Å². The fourth-order valence-corrected chi connectivity index (χ4v) is 3.64. The molecule has 7 heteroatoms. The van der Waals surface area contributed by atoms with E-state index in [1.54, 1.807) is 12.4 Å². The first kappa shape index (κ1) is 15.8. The van der Waals surface area contributed by atoms with E-state index in [2.05, 4.69) is 28.2 Å². The standard InChI is InChI=1S/C18H16N4O2S/c1-12-9-13-5-2-3-7-15(13)22(12)16(23)11-25-18-21-20-17(24-18)14-6-4-8-19-10-14/h2-8,10,12H,9,11H2,1H3/t12-/m1/s1. The molecule has 0 unspecified atom stereocenters. The number of fused-ring (bicyclic) bond motifs is 1. The van der Waals surface area contributed by atoms with Crippen LogP contribution in [-0.4, -0.2) is 32.9 Å². The number of rotatable bonds is 4. The molecule has 3 aromatic rings. The lowest BCUT2D eigenvalue weighted by molar-refractivity contribution is -0.116. The largest absolute Gasteiger partial charge is 0.411 e. The third-order valence-electron chi connectivity index (χ3n) is 4.11. The molecule has 2 aromatic heterocycles. The lowest BCUT2D eigenvalue weighted by atomic mass is 10.1. The minimum Gasteiger partial charge on any atom is -0.411 e. The summed E-state index contributed by atoms with van der Waals surface area (Å²) in [5.74, 6) is 0.708. The van der Waals surface area contributed by atoms with Gasteiger partial charge in [0.15, 0.2) is 0 Å². The van der Waals surface area contributed by atoms with E-state index >= 15 is 0 Å². The summed E-state index contributed by atoms with van der Waals surface area (Å²) < 4.78 is 5.61. The first-order valence-electron chi connectivity index (χ1n) is 7.99. The van der Waals surface area contributed by atoms with Crippen LogP contribution in [0.1, 0.15) is 12.5 Å². The molecule has 0 N–H and O–H groups in total. The van der Waals surface area contributed by atoms with Crippen molar-refractivity contribution in [1.29, 1.82) is 0 Å². The average molecular weight is 352 g/mol. The van der Waals surface area contributed by atoms with Crippen LogP contribution in [0.15, 0.2) is 58.4 Å². The van der Waals surface area contributed by atoms with Gasteiger partial charge in [0.1, 0.15) is 0 Å². The van der Waals surface area contributed by atoms with Crippen molar-refractivity contribution < 1.29 is 9.21 Å². The van der Waals surface area contributed by atoms with Crippen LogP contribution in [0.5, 0.6) is 0 Å². The van der Waals surface area contributed by atoms with Crippen LogP contribution in [0.3, 0.4) is 0 Å². The number of para-hydroxylation sites is 1. The highest BCUT2D eigenvalue weighted by Crippen LogP contribution is 2.33. The van der Waals surface area contributed by atoms with E-state index in [0.717, 1.165) is 17.7 Å². The first-order valence-corrected chi connectivity index (χ1v) is 8.97. The number of amides is 1. The van der Waals surface area contributed by atoms with Crippen LogP contribution in [0.4, 0.5) is 5.69 Å². The predicted molar refractivity (Wildman–Crippen MR) is 95.3 cm³/mol. The second-order valence-electron chi connectivity index (χ2n) is 5.85. The van der Waals surface area contributed by atoms with E-state index in [1.807, 2.05) is 35.2 Å². The molecular weight excluding hydrogens is 336 g/mol. The van der Waals surface area contributed by atoms with Gasteiger partial charge in [0.25, 0.3) is 5.22 Å². The molecule has 1 aliphatic rings. The van der Waals surface area contributed by atoms with Gasteiger partial charge in [-0.3, -0.25) is 9.78 Å². The van der Waals surface area contributed by atoms with E-state index in [-0.39, 0.29) is 17.7 Å². The fraction of sp³-hybridized carbons (Fsp3) is 0.222. The number of anilines is 1. The Morgan fingerprint density at radius 3 is 3.00 bits per heavy atom. The molecule has 0 bridgehead atoms. The predicted octanol–water partition coefficient (Wildman–Crippen LogP) is 3.20. The van der Waals surface area contributed by atoms with Crippen LogP contribution in [0, 0.1) is 0 Å². The Bertz CT molecular complexity index is 897. The molecule has 0 aliphatic carbocycles. The highest BCUT2D eigenvalue weighted by molar-refractivity contribution is 7.99. The molecule has 1 atom stereocenters. The summed E-state index contributed by atoms with van der Waals surface area (Å²) in [4.78, 5) is 18.6. The number of hydrogen-bond acceptors (Lipinski definition) is 6. The highest BCUT2D eigenvalue weighted by atomic mass is 32.2. The molecule has 0 spiro atoms. The molecule has 126 valence electrons. The van der Waals surface area contributed by atoms with Gasteiger partial charge in [-0.15, -0.1) is 10.2 Å². The number of carbonyl (C=O) groups excluding carboxylic acids is 1. The van der Waals surface area contributed by atoms with Gasteiger partial charge in [0.05, 0.1) is 11.3 Å². The van der Waals surface area contributed by atoms with Gasteiger partial charge in [-0.05, 0) is 37.1 Å². The van der Waals surface area contributed by atoms with Gasteiger partial charge in [-0.2, -0.15) is 0 Å². The number of pyridine rings is 1. The Hall–Kier alpha value is -2.67. The minimum absolute atomic E-state index is 0.0450. The molecule has 0 radical (unpaired) electrons. The van der Waals surface area contributed by atoms with Crippen molar-refractivity contribution in [3.05, 3.63) is 54.4 Å². The Balaban J connectivity index is 1.44. The average Bonchev–Trinajstić information content (AvgIpc) is 3.24. The van der Waals surface area contributed by atoms with E-state index in [0.29, 0.717) is 11.1 Å². The number of nitrogens with zero attached hydrogens (tertiary/aromatic N) is 4. The molecular formula is C18H16N4O2S. The molecule has 0 saturated carbocycles. The molecule has 1 aromatic carbocycles. The summed E-state index contributed by atoms with van der Waals surface area (Å²) in [5, 5.41) is 8.39. The normalized spacial score (nSPS) is 16.0. The van der Waals surface area contributed by atoms with Crippen molar-refractivity contribution in [2.75, 3.05) is 10.7 Å². The minimum atomic E-state index is 0.0450. The molecule has 3 heterocycles. The summed E-state index contributed by atoms with van der Waals surface area (Å²) in [5.41, 5.74) is 2.97. The Labute approximate surface area is 149 Å². The van der Waals surface area contributed by atoms with Crippen molar-refractivity contribution >= 4 is 23.4 Å². The zero-order valence-electron chi connectivity index (χ0n) is 13.6. The maximum Gasteiger partial charge on any atom is 0.277 e. The highest BCUT2D eigenvalue weighted by Gasteiger charge is 2.30.